The molecule has 8 nitrogen and oxygen atoms in total. The first-order chi connectivity index (χ1) is 14.5. The molecule has 0 aliphatic carbocycles. The van der Waals surface area contributed by atoms with E-state index in [0.717, 1.165) is 12.2 Å². The quantitative estimate of drug-likeness (QED) is 0.370. The third-order valence-electron chi connectivity index (χ3n) is 3.54. The molecule has 156 valence electrons. The summed E-state index contributed by atoms with van der Waals surface area (Å²) in [6.07, 6.45) is 1.69. The summed E-state index contributed by atoms with van der Waals surface area (Å²) in [7, 11) is 0. The summed E-state index contributed by atoms with van der Waals surface area (Å²) in [6, 6.07) is 12.1. The largest absolute Gasteiger partial charge is 0.462 e. The van der Waals surface area contributed by atoms with E-state index in [4.69, 9.17) is 18.9 Å². The molecule has 30 heavy (non-hydrogen) atoms. The molecule has 0 bridgehead atoms. The van der Waals surface area contributed by atoms with E-state index in [1.807, 2.05) is 0 Å². The van der Waals surface area contributed by atoms with Crippen molar-refractivity contribution in [2.24, 2.45) is 0 Å². The summed E-state index contributed by atoms with van der Waals surface area (Å²) in [5.41, 5.74) is 0.152. The highest BCUT2D eigenvalue weighted by Gasteiger charge is 2.16. The lowest BCUT2D eigenvalue weighted by molar-refractivity contribution is -0.131. The molecule has 0 saturated carbocycles. The number of benzene rings is 2. The third kappa shape index (κ3) is 6.30. The monoisotopic (exact) mass is 412 g/mol. The number of hydrogen-bond donors (Lipinski definition) is 0. The molecule has 0 spiro atoms. The van der Waals surface area contributed by atoms with E-state index in [1.54, 1.807) is 38.1 Å². The molecule has 8 heteroatoms. The van der Waals surface area contributed by atoms with E-state index in [9.17, 15) is 19.2 Å². The van der Waals surface area contributed by atoms with Crippen LogP contribution in [-0.4, -0.2) is 37.1 Å². The van der Waals surface area contributed by atoms with Crippen LogP contribution in [0.15, 0.2) is 60.7 Å². The Labute approximate surface area is 173 Å². The summed E-state index contributed by atoms with van der Waals surface area (Å²) < 4.78 is 20.0. The summed E-state index contributed by atoms with van der Waals surface area (Å²) in [5, 5.41) is 0. The molecule has 0 amide bonds. The lowest BCUT2D eigenvalue weighted by Crippen LogP contribution is -2.13. The second-order valence-electron chi connectivity index (χ2n) is 5.61. The topological polar surface area (TPSA) is 105 Å². The van der Waals surface area contributed by atoms with Crippen LogP contribution in [0.5, 0.6) is 11.5 Å². The minimum absolute atomic E-state index is 0.00776. The average Bonchev–Trinajstić information content (AvgIpc) is 2.73. The molecule has 0 saturated heterocycles. The Kier molecular flexibility index (Phi) is 8.31. The van der Waals surface area contributed by atoms with Gasteiger partial charge in [-0.1, -0.05) is 24.3 Å². The minimum atomic E-state index is -0.901. The molecule has 0 N–H and O–H groups in total. The van der Waals surface area contributed by atoms with Crippen molar-refractivity contribution in [1.82, 2.24) is 0 Å². The van der Waals surface area contributed by atoms with Gasteiger partial charge in [0.05, 0.1) is 13.2 Å². The number of ether oxygens (including phenoxy) is 4. The number of carbonyl (C=O) groups excluding carboxylic acids is 4. The van der Waals surface area contributed by atoms with Gasteiger partial charge >= 0.3 is 23.9 Å². The highest BCUT2D eigenvalue weighted by molar-refractivity contribution is 5.97. The summed E-state index contributed by atoms with van der Waals surface area (Å²) in [4.78, 5) is 47.9. The zero-order valence-corrected chi connectivity index (χ0v) is 16.5. The molecular weight excluding hydrogens is 392 g/mol. The van der Waals surface area contributed by atoms with E-state index in [2.05, 4.69) is 0 Å². The lowest BCUT2D eigenvalue weighted by Gasteiger charge is -2.08. The van der Waals surface area contributed by atoms with Gasteiger partial charge in [-0.15, -0.1) is 0 Å². The molecule has 0 aliphatic heterocycles. The van der Waals surface area contributed by atoms with Crippen molar-refractivity contribution in [1.29, 1.82) is 0 Å². The smallest absolute Gasteiger partial charge is 0.341 e. The predicted molar refractivity (Wildman–Crippen MR) is 105 cm³/mol. The first-order valence-electron chi connectivity index (χ1n) is 9.10. The molecule has 0 atom stereocenters. The Morgan fingerprint density at radius 1 is 0.667 bits per heavy atom. The molecule has 0 unspecified atom stereocenters. The standard InChI is InChI=1S/C22H20O8/c1-3-27-21(25)15-9-5-7-11-17(15)29-19(23)13-14-20(24)30-18-12-8-6-10-16(18)22(26)28-4-2/h5-14H,3-4H2,1-2H3/b14-13+. The Morgan fingerprint density at radius 2 is 1.03 bits per heavy atom. The van der Waals surface area contributed by atoms with Crippen molar-refractivity contribution in [2.45, 2.75) is 13.8 Å². The predicted octanol–water partition coefficient (Wildman–Crippen LogP) is 3.11. The van der Waals surface area contributed by atoms with Crippen LogP contribution in [0.2, 0.25) is 0 Å². The van der Waals surface area contributed by atoms with Gasteiger partial charge in [0.1, 0.15) is 22.6 Å². The maximum Gasteiger partial charge on any atom is 0.341 e. The van der Waals surface area contributed by atoms with Crippen LogP contribution >= 0.6 is 0 Å². The van der Waals surface area contributed by atoms with E-state index < -0.39 is 23.9 Å². The van der Waals surface area contributed by atoms with Crippen molar-refractivity contribution < 1.29 is 38.1 Å². The molecule has 0 fully saturated rings. The average molecular weight is 412 g/mol. The van der Waals surface area contributed by atoms with Gasteiger partial charge < -0.3 is 18.9 Å². The Bertz CT molecular complexity index is 884. The minimum Gasteiger partial charge on any atom is -0.462 e. The molecule has 2 rings (SSSR count). The van der Waals surface area contributed by atoms with Gasteiger partial charge in [-0.05, 0) is 38.1 Å². The van der Waals surface area contributed by atoms with Gasteiger partial charge in [-0.3, -0.25) is 0 Å². The van der Waals surface area contributed by atoms with Gasteiger partial charge in [0.15, 0.2) is 0 Å². The summed E-state index contributed by atoms with van der Waals surface area (Å²) in [6.45, 7) is 3.64. The van der Waals surface area contributed by atoms with E-state index in [0.29, 0.717) is 0 Å². The Hall–Kier alpha value is -3.94. The van der Waals surface area contributed by atoms with Crippen LogP contribution in [0.3, 0.4) is 0 Å². The molecule has 0 radical (unpaired) electrons. The maximum atomic E-state index is 12.0. The number of esters is 4. The van der Waals surface area contributed by atoms with Crippen molar-refractivity contribution in [2.75, 3.05) is 13.2 Å². The van der Waals surface area contributed by atoms with E-state index in [-0.39, 0.29) is 35.8 Å². The van der Waals surface area contributed by atoms with E-state index >= 15 is 0 Å². The second-order valence-corrected chi connectivity index (χ2v) is 5.61. The van der Waals surface area contributed by atoms with Crippen LogP contribution in [0.4, 0.5) is 0 Å². The Balaban J connectivity index is 2.04. The Morgan fingerprint density at radius 3 is 1.40 bits per heavy atom. The van der Waals surface area contributed by atoms with Crippen molar-refractivity contribution in [3.05, 3.63) is 71.8 Å². The number of para-hydroxylation sites is 2. The summed E-state index contributed by atoms with van der Waals surface area (Å²) >= 11 is 0. The van der Waals surface area contributed by atoms with Gasteiger partial charge in [0.2, 0.25) is 0 Å². The van der Waals surface area contributed by atoms with Crippen molar-refractivity contribution >= 4 is 23.9 Å². The fourth-order valence-corrected chi connectivity index (χ4v) is 2.29. The van der Waals surface area contributed by atoms with Crippen LogP contribution in [0, 0.1) is 0 Å². The highest BCUT2D eigenvalue weighted by atomic mass is 16.6. The summed E-state index contributed by atoms with van der Waals surface area (Å²) in [5.74, 6) is -3.09. The second kappa shape index (κ2) is 11.2. The van der Waals surface area contributed by atoms with Crippen molar-refractivity contribution in [3.8, 4) is 11.5 Å². The van der Waals surface area contributed by atoms with Gasteiger partial charge in [-0.25, -0.2) is 19.2 Å². The fraction of sp³-hybridized carbons (Fsp3) is 0.182. The van der Waals surface area contributed by atoms with E-state index in [1.165, 1.54) is 24.3 Å². The van der Waals surface area contributed by atoms with Crippen LogP contribution in [-0.2, 0) is 19.1 Å². The highest BCUT2D eigenvalue weighted by Crippen LogP contribution is 2.20. The third-order valence-corrected chi connectivity index (χ3v) is 3.54. The van der Waals surface area contributed by atoms with Crippen LogP contribution < -0.4 is 9.47 Å². The maximum absolute atomic E-state index is 12.0. The number of rotatable bonds is 8. The first kappa shape index (κ1) is 22.4. The molecule has 0 aliphatic rings. The zero-order chi connectivity index (χ0) is 21.9. The van der Waals surface area contributed by atoms with Gasteiger partial charge in [0.25, 0.3) is 0 Å². The van der Waals surface area contributed by atoms with Crippen LogP contribution in [0.25, 0.3) is 0 Å². The number of carbonyl (C=O) groups is 4. The van der Waals surface area contributed by atoms with Gasteiger partial charge in [-0.2, -0.15) is 0 Å². The zero-order valence-electron chi connectivity index (χ0n) is 16.5. The molecule has 0 aromatic heterocycles. The first-order valence-corrected chi connectivity index (χ1v) is 9.10. The van der Waals surface area contributed by atoms with Gasteiger partial charge in [0, 0.05) is 12.2 Å². The number of hydrogen-bond acceptors (Lipinski definition) is 8. The van der Waals surface area contributed by atoms with Crippen LogP contribution in [0.1, 0.15) is 34.6 Å². The normalized spacial score (nSPS) is 10.3. The SMILES string of the molecule is CCOC(=O)c1ccccc1OC(=O)/C=C/C(=O)Oc1ccccc1C(=O)OCC. The molecule has 2 aromatic rings. The molecule has 0 heterocycles. The fourth-order valence-electron chi connectivity index (χ4n) is 2.29. The van der Waals surface area contributed by atoms with Crippen molar-refractivity contribution in [3.63, 3.8) is 0 Å². The molecular formula is C22H20O8. The lowest BCUT2D eigenvalue weighted by atomic mass is 10.2. The molecule has 2 aromatic carbocycles.